The monoisotopic (exact) mass is 375 g/mol. The van der Waals surface area contributed by atoms with Gasteiger partial charge in [0, 0.05) is 44.6 Å². The van der Waals surface area contributed by atoms with Gasteiger partial charge in [-0.1, -0.05) is 35.5 Å². The normalized spacial score (nSPS) is 14.6. The van der Waals surface area contributed by atoms with Crippen molar-refractivity contribution < 1.29 is 4.79 Å². The molecule has 1 aliphatic heterocycles. The molecule has 0 aliphatic carbocycles. The molecule has 0 bridgehead atoms. The molecule has 3 aromatic rings. The third-order valence-electron chi connectivity index (χ3n) is 4.61. The number of aromatic nitrogens is 5. The maximum atomic E-state index is 12.5. The summed E-state index contributed by atoms with van der Waals surface area (Å²) >= 11 is 0. The molecule has 28 heavy (non-hydrogen) atoms. The van der Waals surface area contributed by atoms with E-state index in [9.17, 15) is 4.79 Å². The molecule has 4 rings (SSSR count). The standard InChI is InChI=1S/C20H21N7O/c28-20(26-12-10-25(11-13-26)19-14-21-8-9-22-19)7-6-18-16-27(24-23-18)15-17-4-2-1-3-5-17/h1-9,14,16H,10-13,15H2/b7-6+. The number of piperazine rings is 1. The number of carbonyl (C=O) groups excluding carboxylic acids is 1. The molecule has 0 unspecified atom stereocenters. The molecule has 2 aromatic heterocycles. The highest BCUT2D eigenvalue weighted by molar-refractivity contribution is 5.91. The second-order valence-electron chi connectivity index (χ2n) is 6.54. The highest BCUT2D eigenvalue weighted by Crippen LogP contribution is 2.12. The van der Waals surface area contributed by atoms with Crippen molar-refractivity contribution in [3.05, 3.63) is 72.5 Å². The molecule has 0 spiro atoms. The van der Waals surface area contributed by atoms with Crippen molar-refractivity contribution in [3.8, 4) is 0 Å². The Morgan fingerprint density at radius 3 is 2.64 bits per heavy atom. The molecule has 1 aliphatic rings. The van der Waals surface area contributed by atoms with E-state index < -0.39 is 0 Å². The topological polar surface area (TPSA) is 80.0 Å². The largest absolute Gasteiger partial charge is 0.352 e. The lowest BCUT2D eigenvalue weighted by molar-refractivity contribution is -0.126. The van der Waals surface area contributed by atoms with Crippen LogP contribution >= 0.6 is 0 Å². The van der Waals surface area contributed by atoms with Gasteiger partial charge in [-0.25, -0.2) is 9.67 Å². The van der Waals surface area contributed by atoms with Crippen LogP contribution in [0.5, 0.6) is 0 Å². The Balaban J connectivity index is 1.30. The fraction of sp³-hybridized carbons (Fsp3) is 0.250. The molecule has 0 N–H and O–H groups in total. The summed E-state index contributed by atoms with van der Waals surface area (Å²) < 4.78 is 1.76. The minimum absolute atomic E-state index is 0.0172. The number of carbonyl (C=O) groups is 1. The van der Waals surface area contributed by atoms with Crippen LogP contribution in [-0.2, 0) is 11.3 Å². The Hall–Kier alpha value is -3.55. The van der Waals surface area contributed by atoms with Crippen molar-refractivity contribution in [2.75, 3.05) is 31.1 Å². The summed E-state index contributed by atoms with van der Waals surface area (Å²) in [5.41, 5.74) is 1.82. The molecule has 3 heterocycles. The van der Waals surface area contributed by atoms with E-state index in [1.807, 2.05) is 41.4 Å². The van der Waals surface area contributed by atoms with E-state index in [0.29, 0.717) is 25.3 Å². The number of anilines is 1. The van der Waals surface area contributed by atoms with Gasteiger partial charge in [0.2, 0.25) is 5.91 Å². The zero-order valence-corrected chi connectivity index (χ0v) is 15.4. The maximum Gasteiger partial charge on any atom is 0.246 e. The van der Waals surface area contributed by atoms with E-state index in [0.717, 1.165) is 24.5 Å². The van der Waals surface area contributed by atoms with Crippen molar-refractivity contribution in [1.29, 1.82) is 0 Å². The van der Waals surface area contributed by atoms with Gasteiger partial charge in [-0.3, -0.25) is 9.78 Å². The van der Waals surface area contributed by atoms with E-state index in [-0.39, 0.29) is 5.91 Å². The Labute approximate surface area is 163 Å². The van der Waals surface area contributed by atoms with Crippen LogP contribution in [0, 0.1) is 0 Å². The summed E-state index contributed by atoms with van der Waals surface area (Å²) in [6, 6.07) is 10.1. The van der Waals surface area contributed by atoms with Crippen LogP contribution in [0.1, 0.15) is 11.3 Å². The van der Waals surface area contributed by atoms with Crippen molar-refractivity contribution in [2.45, 2.75) is 6.54 Å². The number of hydrogen-bond donors (Lipinski definition) is 0. The Morgan fingerprint density at radius 1 is 1.07 bits per heavy atom. The Morgan fingerprint density at radius 2 is 1.89 bits per heavy atom. The van der Waals surface area contributed by atoms with Crippen molar-refractivity contribution in [1.82, 2.24) is 29.9 Å². The van der Waals surface area contributed by atoms with E-state index in [1.165, 1.54) is 0 Å². The second-order valence-corrected chi connectivity index (χ2v) is 6.54. The average molecular weight is 375 g/mol. The first kappa shape index (κ1) is 17.8. The number of hydrogen-bond acceptors (Lipinski definition) is 6. The third-order valence-corrected chi connectivity index (χ3v) is 4.61. The van der Waals surface area contributed by atoms with Crippen molar-refractivity contribution >= 4 is 17.8 Å². The zero-order chi connectivity index (χ0) is 19.2. The first-order valence-corrected chi connectivity index (χ1v) is 9.20. The SMILES string of the molecule is O=C(/C=C/c1cn(Cc2ccccc2)nn1)N1CCN(c2cnccn2)CC1. The van der Waals surface area contributed by atoms with Gasteiger partial charge < -0.3 is 9.80 Å². The summed E-state index contributed by atoms with van der Waals surface area (Å²) in [5, 5.41) is 8.23. The Kier molecular flexibility index (Phi) is 5.37. The number of amides is 1. The zero-order valence-electron chi connectivity index (χ0n) is 15.4. The smallest absolute Gasteiger partial charge is 0.246 e. The lowest BCUT2D eigenvalue weighted by Gasteiger charge is -2.34. The van der Waals surface area contributed by atoms with E-state index in [1.54, 1.807) is 35.4 Å². The molecule has 0 saturated carbocycles. The van der Waals surface area contributed by atoms with Gasteiger partial charge in [0.05, 0.1) is 18.9 Å². The van der Waals surface area contributed by atoms with Gasteiger partial charge >= 0.3 is 0 Å². The summed E-state index contributed by atoms with van der Waals surface area (Å²) in [6.45, 7) is 3.44. The average Bonchev–Trinajstić information content (AvgIpc) is 3.21. The lowest BCUT2D eigenvalue weighted by Crippen LogP contribution is -2.48. The molecular formula is C20H21N7O. The molecular weight excluding hydrogens is 354 g/mol. The molecule has 142 valence electrons. The maximum absolute atomic E-state index is 12.5. The van der Waals surface area contributed by atoms with Crippen LogP contribution in [0.4, 0.5) is 5.82 Å². The van der Waals surface area contributed by atoms with Crippen molar-refractivity contribution in [3.63, 3.8) is 0 Å². The summed E-state index contributed by atoms with van der Waals surface area (Å²) in [6.07, 6.45) is 10.2. The number of rotatable bonds is 5. The number of benzene rings is 1. The first-order chi connectivity index (χ1) is 13.8. The van der Waals surface area contributed by atoms with Gasteiger partial charge in [0.25, 0.3) is 0 Å². The van der Waals surface area contributed by atoms with Crippen LogP contribution < -0.4 is 4.90 Å². The van der Waals surface area contributed by atoms with E-state index in [4.69, 9.17) is 0 Å². The molecule has 8 nitrogen and oxygen atoms in total. The van der Waals surface area contributed by atoms with Gasteiger partial charge in [0.1, 0.15) is 11.5 Å². The predicted octanol–water partition coefficient (Wildman–Crippen LogP) is 1.48. The first-order valence-electron chi connectivity index (χ1n) is 9.20. The highest BCUT2D eigenvalue weighted by Gasteiger charge is 2.20. The van der Waals surface area contributed by atoms with Crippen LogP contribution in [0.2, 0.25) is 0 Å². The van der Waals surface area contributed by atoms with Crippen molar-refractivity contribution in [2.24, 2.45) is 0 Å². The minimum Gasteiger partial charge on any atom is -0.352 e. The van der Waals surface area contributed by atoms with E-state index >= 15 is 0 Å². The molecule has 0 atom stereocenters. The Bertz CT molecular complexity index is 931. The van der Waals surface area contributed by atoms with Gasteiger partial charge in [-0.15, -0.1) is 5.10 Å². The molecule has 1 amide bonds. The third kappa shape index (κ3) is 4.40. The molecule has 1 fully saturated rings. The summed E-state index contributed by atoms with van der Waals surface area (Å²) in [4.78, 5) is 24.8. The van der Waals surface area contributed by atoms with Crippen LogP contribution in [0.3, 0.4) is 0 Å². The fourth-order valence-electron chi connectivity index (χ4n) is 3.11. The lowest BCUT2D eigenvalue weighted by atomic mass is 10.2. The van der Waals surface area contributed by atoms with Crippen LogP contribution in [0.15, 0.2) is 61.2 Å². The quantitative estimate of drug-likeness (QED) is 0.629. The van der Waals surface area contributed by atoms with Crippen LogP contribution in [0.25, 0.3) is 6.08 Å². The minimum atomic E-state index is -0.0172. The number of nitrogens with zero attached hydrogens (tertiary/aromatic N) is 7. The molecule has 1 aromatic carbocycles. The molecule has 1 saturated heterocycles. The van der Waals surface area contributed by atoms with Gasteiger partial charge in [0.15, 0.2) is 0 Å². The molecule has 8 heteroatoms. The van der Waals surface area contributed by atoms with Crippen LogP contribution in [-0.4, -0.2) is 61.9 Å². The predicted molar refractivity (Wildman–Crippen MR) is 105 cm³/mol. The van der Waals surface area contributed by atoms with E-state index in [2.05, 4.69) is 25.2 Å². The summed E-state index contributed by atoms with van der Waals surface area (Å²) in [5.74, 6) is 0.830. The summed E-state index contributed by atoms with van der Waals surface area (Å²) in [7, 11) is 0. The highest BCUT2D eigenvalue weighted by atomic mass is 16.2. The molecule has 0 radical (unpaired) electrons. The second kappa shape index (κ2) is 8.43. The fourth-order valence-corrected chi connectivity index (χ4v) is 3.11. The van der Waals surface area contributed by atoms with Gasteiger partial charge in [-0.05, 0) is 11.6 Å². The van der Waals surface area contributed by atoms with Gasteiger partial charge in [-0.2, -0.15) is 0 Å².